The number of anilines is 1. The van der Waals surface area contributed by atoms with Gasteiger partial charge in [0.2, 0.25) is 5.13 Å². The van der Waals surface area contributed by atoms with Crippen molar-refractivity contribution in [2.24, 2.45) is 0 Å². The summed E-state index contributed by atoms with van der Waals surface area (Å²) in [6.45, 7) is 3.33. The van der Waals surface area contributed by atoms with E-state index in [2.05, 4.69) is 20.4 Å². The molecule has 1 aliphatic heterocycles. The van der Waals surface area contributed by atoms with Crippen LogP contribution in [0.2, 0.25) is 0 Å². The summed E-state index contributed by atoms with van der Waals surface area (Å²) >= 11 is 1.43. The summed E-state index contributed by atoms with van der Waals surface area (Å²) in [6.07, 6.45) is 4.76. The van der Waals surface area contributed by atoms with Crippen LogP contribution in [0.1, 0.15) is 34.6 Å². The Kier molecular flexibility index (Phi) is 6.40. The highest BCUT2D eigenvalue weighted by Gasteiger charge is 2.15. The number of amides is 1. The number of hydrogen-bond donors (Lipinski definition) is 1. The van der Waals surface area contributed by atoms with E-state index in [1.165, 1.54) is 43.7 Å². The summed E-state index contributed by atoms with van der Waals surface area (Å²) in [5, 5.41) is 12.5. The van der Waals surface area contributed by atoms with Gasteiger partial charge >= 0.3 is 0 Å². The first kappa shape index (κ1) is 18.6. The van der Waals surface area contributed by atoms with Gasteiger partial charge in [0, 0.05) is 18.5 Å². The van der Waals surface area contributed by atoms with Crippen LogP contribution in [-0.4, -0.2) is 54.9 Å². The Morgan fingerprint density at radius 2 is 1.92 bits per heavy atom. The Morgan fingerprint density at radius 1 is 1.15 bits per heavy atom. The van der Waals surface area contributed by atoms with Gasteiger partial charge < -0.3 is 14.4 Å². The zero-order chi connectivity index (χ0) is 18.4. The number of piperidine rings is 1. The summed E-state index contributed by atoms with van der Waals surface area (Å²) in [5.74, 6) is 0.851. The summed E-state index contributed by atoms with van der Waals surface area (Å²) in [6, 6.07) is 5.04. The van der Waals surface area contributed by atoms with Crippen molar-refractivity contribution in [3.8, 4) is 11.5 Å². The van der Waals surface area contributed by atoms with Gasteiger partial charge in [0.1, 0.15) is 5.01 Å². The Balaban J connectivity index is 1.57. The van der Waals surface area contributed by atoms with Crippen molar-refractivity contribution < 1.29 is 14.3 Å². The second kappa shape index (κ2) is 8.95. The van der Waals surface area contributed by atoms with Gasteiger partial charge in [-0.25, -0.2) is 0 Å². The summed E-state index contributed by atoms with van der Waals surface area (Å²) in [7, 11) is 3.10. The number of aromatic nitrogens is 2. The number of benzene rings is 1. The van der Waals surface area contributed by atoms with E-state index in [0.29, 0.717) is 22.2 Å². The lowest BCUT2D eigenvalue weighted by Crippen LogP contribution is -2.31. The van der Waals surface area contributed by atoms with E-state index in [1.54, 1.807) is 32.4 Å². The average molecular weight is 376 g/mol. The smallest absolute Gasteiger partial charge is 0.257 e. The van der Waals surface area contributed by atoms with Crippen molar-refractivity contribution in [3.63, 3.8) is 0 Å². The molecule has 1 fully saturated rings. The van der Waals surface area contributed by atoms with Crippen LogP contribution in [0.4, 0.5) is 5.13 Å². The third-order valence-electron chi connectivity index (χ3n) is 4.42. The molecule has 0 saturated carbocycles. The van der Waals surface area contributed by atoms with Gasteiger partial charge in [-0.05, 0) is 44.1 Å². The molecule has 26 heavy (non-hydrogen) atoms. The van der Waals surface area contributed by atoms with Gasteiger partial charge in [-0.2, -0.15) is 0 Å². The largest absolute Gasteiger partial charge is 0.493 e. The maximum Gasteiger partial charge on any atom is 0.257 e. The maximum absolute atomic E-state index is 12.4. The van der Waals surface area contributed by atoms with Gasteiger partial charge in [0.05, 0.1) is 14.2 Å². The lowest BCUT2D eigenvalue weighted by atomic mass is 10.1. The van der Waals surface area contributed by atoms with E-state index in [-0.39, 0.29) is 5.91 Å². The topological polar surface area (TPSA) is 76.6 Å². The van der Waals surface area contributed by atoms with E-state index in [1.807, 2.05) is 0 Å². The van der Waals surface area contributed by atoms with Crippen molar-refractivity contribution in [2.75, 3.05) is 39.2 Å². The lowest BCUT2D eigenvalue weighted by Gasteiger charge is -2.25. The predicted octanol–water partition coefficient (Wildman–Crippen LogP) is 2.84. The molecular weight excluding hydrogens is 352 g/mol. The lowest BCUT2D eigenvalue weighted by molar-refractivity contribution is 0.102. The molecule has 0 radical (unpaired) electrons. The molecule has 140 valence electrons. The van der Waals surface area contributed by atoms with Crippen LogP contribution in [-0.2, 0) is 6.42 Å². The molecule has 2 aromatic rings. The molecule has 0 atom stereocenters. The molecule has 1 saturated heterocycles. The molecule has 7 nitrogen and oxygen atoms in total. The van der Waals surface area contributed by atoms with Crippen LogP contribution in [0.3, 0.4) is 0 Å². The van der Waals surface area contributed by atoms with Gasteiger partial charge in [0.15, 0.2) is 11.5 Å². The predicted molar refractivity (Wildman–Crippen MR) is 101 cm³/mol. The normalized spacial score (nSPS) is 14.8. The van der Waals surface area contributed by atoms with Crippen molar-refractivity contribution in [1.29, 1.82) is 0 Å². The monoisotopic (exact) mass is 376 g/mol. The molecule has 8 heteroatoms. The molecule has 0 unspecified atom stereocenters. The fourth-order valence-corrected chi connectivity index (χ4v) is 3.71. The fraction of sp³-hybridized carbons (Fsp3) is 0.500. The number of likely N-dealkylation sites (tertiary alicyclic amines) is 1. The molecule has 1 aliphatic rings. The van der Waals surface area contributed by atoms with Crippen LogP contribution >= 0.6 is 11.3 Å². The number of carbonyl (C=O) groups is 1. The molecule has 0 bridgehead atoms. The van der Waals surface area contributed by atoms with Crippen molar-refractivity contribution in [1.82, 2.24) is 15.1 Å². The summed E-state index contributed by atoms with van der Waals surface area (Å²) in [5.41, 5.74) is 0.479. The molecule has 0 spiro atoms. The highest BCUT2D eigenvalue weighted by molar-refractivity contribution is 7.15. The van der Waals surface area contributed by atoms with E-state index < -0.39 is 0 Å². The minimum absolute atomic E-state index is 0.246. The quantitative estimate of drug-likeness (QED) is 0.801. The molecule has 1 amide bonds. The molecule has 0 aliphatic carbocycles. The Labute approximate surface area is 157 Å². The Morgan fingerprint density at radius 3 is 2.65 bits per heavy atom. The summed E-state index contributed by atoms with van der Waals surface area (Å²) in [4.78, 5) is 14.9. The maximum atomic E-state index is 12.4. The third-order valence-corrected chi connectivity index (χ3v) is 5.32. The van der Waals surface area contributed by atoms with Crippen LogP contribution in [0, 0.1) is 0 Å². The SMILES string of the molecule is COc1ccc(C(=O)Nc2nnc(CCN3CCCCC3)s2)cc1OC. The number of carbonyl (C=O) groups excluding carboxylic acids is 1. The first-order valence-electron chi connectivity index (χ1n) is 8.77. The van der Waals surface area contributed by atoms with Gasteiger partial charge in [0.25, 0.3) is 5.91 Å². The van der Waals surface area contributed by atoms with Gasteiger partial charge in [-0.15, -0.1) is 10.2 Å². The van der Waals surface area contributed by atoms with E-state index in [4.69, 9.17) is 9.47 Å². The number of hydrogen-bond acceptors (Lipinski definition) is 7. The fourth-order valence-electron chi connectivity index (χ4n) is 2.99. The zero-order valence-electron chi connectivity index (χ0n) is 15.2. The molecule has 1 N–H and O–H groups in total. The molecule has 1 aromatic carbocycles. The summed E-state index contributed by atoms with van der Waals surface area (Å²) < 4.78 is 10.4. The van der Waals surface area contributed by atoms with Gasteiger partial charge in [-0.3, -0.25) is 10.1 Å². The minimum Gasteiger partial charge on any atom is -0.493 e. The van der Waals surface area contributed by atoms with Crippen molar-refractivity contribution in [3.05, 3.63) is 28.8 Å². The van der Waals surface area contributed by atoms with Gasteiger partial charge in [-0.1, -0.05) is 17.8 Å². The van der Waals surface area contributed by atoms with Crippen molar-refractivity contribution in [2.45, 2.75) is 25.7 Å². The zero-order valence-corrected chi connectivity index (χ0v) is 16.0. The molecular formula is C18H24N4O3S. The average Bonchev–Trinajstić information content (AvgIpc) is 3.13. The van der Waals surface area contributed by atoms with E-state index in [9.17, 15) is 4.79 Å². The number of ether oxygens (including phenoxy) is 2. The second-order valence-electron chi connectivity index (χ2n) is 6.18. The second-order valence-corrected chi connectivity index (χ2v) is 7.24. The first-order valence-corrected chi connectivity index (χ1v) is 9.59. The third kappa shape index (κ3) is 4.70. The van der Waals surface area contributed by atoms with E-state index >= 15 is 0 Å². The number of nitrogens with one attached hydrogen (secondary N) is 1. The Bertz CT molecular complexity index is 744. The van der Waals surface area contributed by atoms with Crippen LogP contribution in [0.5, 0.6) is 11.5 Å². The van der Waals surface area contributed by atoms with Crippen LogP contribution in [0.25, 0.3) is 0 Å². The van der Waals surface area contributed by atoms with Crippen molar-refractivity contribution >= 4 is 22.4 Å². The molecule has 2 heterocycles. The van der Waals surface area contributed by atoms with E-state index in [0.717, 1.165) is 18.0 Å². The highest BCUT2D eigenvalue weighted by atomic mass is 32.1. The van der Waals surface area contributed by atoms with Crippen LogP contribution in [0.15, 0.2) is 18.2 Å². The molecule has 3 rings (SSSR count). The first-order chi connectivity index (χ1) is 12.7. The minimum atomic E-state index is -0.246. The molecule has 1 aromatic heterocycles. The number of nitrogens with zero attached hydrogens (tertiary/aromatic N) is 3. The Hall–Kier alpha value is -2.19. The highest BCUT2D eigenvalue weighted by Crippen LogP contribution is 2.28. The van der Waals surface area contributed by atoms with Crippen LogP contribution < -0.4 is 14.8 Å². The standard InChI is InChI=1S/C18H24N4O3S/c1-24-14-7-6-13(12-15(14)25-2)17(23)19-18-21-20-16(26-18)8-11-22-9-4-3-5-10-22/h6-7,12H,3-5,8-11H2,1-2H3,(H,19,21,23). The number of rotatable bonds is 7. The number of methoxy groups -OCH3 is 2.